The van der Waals surface area contributed by atoms with Crippen LogP contribution in [-0.2, 0) is 4.57 Å². The van der Waals surface area contributed by atoms with Crippen molar-refractivity contribution in [3.63, 3.8) is 0 Å². The molecular weight excluding hydrogens is 260 g/mol. The Bertz CT molecular complexity index is 688. The number of pyridine rings is 1. The third kappa shape index (κ3) is 2.57. The van der Waals surface area contributed by atoms with Crippen molar-refractivity contribution in [3.8, 4) is 0 Å². The Morgan fingerprint density at radius 1 is 1.26 bits per heavy atom. The average molecular weight is 279 g/mol. The van der Waals surface area contributed by atoms with Crippen LogP contribution in [0, 0.1) is 12.7 Å². The van der Waals surface area contributed by atoms with Crippen LogP contribution in [0.2, 0.25) is 0 Å². The van der Waals surface area contributed by atoms with Gasteiger partial charge in [0.1, 0.15) is 18.5 Å². The van der Waals surface area contributed by atoms with E-state index in [1.807, 2.05) is 32.9 Å². The molecule has 0 unspecified atom stereocenters. The second kappa shape index (κ2) is 4.72. The standard InChI is InChI=1S/C15H19FNOP/c1-9(2)12-8-13(16)14-11(7-6-10(3)17-14)15(12)19(4,5)18/h6-9H,1-5H3. The summed E-state index contributed by atoms with van der Waals surface area (Å²) in [6, 6.07) is 5.17. The first-order valence-corrected chi connectivity index (χ1v) is 8.97. The smallest absolute Gasteiger partial charge is 0.149 e. The van der Waals surface area contributed by atoms with Gasteiger partial charge in [0.25, 0.3) is 0 Å². The average Bonchev–Trinajstić information content (AvgIpc) is 2.27. The van der Waals surface area contributed by atoms with Gasteiger partial charge in [0.15, 0.2) is 0 Å². The Morgan fingerprint density at radius 3 is 2.42 bits per heavy atom. The van der Waals surface area contributed by atoms with Crippen LogP contribution in [-0.4, -0.2) is 18.3 Å². The SMILES string of the molecule is Cc1ccc2c(P(C)(C)=O)c(C(C)C)cc(F)c2n1. The maximum atomic E-state index is 14.2. The molecule has 1 heterocycles. The van der Waals surface area contributed by atoms with Gasteiger partial charge >= 0.3 is 0 Å². The Labute approximate surface area is 113 Å². The highest BCUT2D eigenvalue weighted by Gasteiger charge is 2.23. The third-order valence-electron chi connectivity index (χ3n) is 3.23. The molecule has 0 N–H and O–H groups in total. The molecule has 4 heteroatoms. The summed E-state index contributed by atoms with van der Waals surface area (Å²) >= 11 is 0. The summed E-state index contributed by atoms with van der Waals surface area (Å²) in [5, 5.41) is 1.45. The van der Waals surface area contributed by atoms with E-state index in [0.717, 1.165) is 16.6 Å². The highest BCUT2D eigenvalue weighted by Crippen LogP contribution is 2.41. The van der Waals surface area contributed by atoms with Crippen molar-refractivity contribution in [2.45, 2.75) is 26.7 Å². The maximum absolute atomic E-state index is 14.2. The third-order valence-corrected chi connectivity index (χ3v) is 4.81. The Hall–Kier alpha value is -1.21. The van der Waals surface area contributed by atoms with E-state index in [2.05, 4.69) is 4.98 Å². The van der Waals surface area contributed by atoms with Gasteiger partial charge in [0.05, 0.1) is 0 Å². The molecule has 2 aromatic rings. The molecule has 0 amide bonds. The zero-order chi connectivity index (χ0) is 14.4. The number of hydrogen-bond donors (Lipinski definition) is 0. The number of fused-ring (bicyclic) bond motifs is 1. The van der Waals surface area contributed by atoms with Crippen molar-refractivity contribution < 1.29 is 8.96 Å². The zero-order valence-electron chi connectivity index (χ0n) is 12.0. The van der Waals surface area contributed by atoms with Crippen LogP contribution in [0.1, 0.15) is 31.0 Å². The minimum Gasteiger partial charge on any atom is -0.319 e. The van der Waals surface area contributed by atoms with E-state index >= 15 is 0 Å². The van der Waals surface area contributed by atoms with Gasteiger partial charge in [-0.15, -0.1) is 0 Å². The summed E-state index contributed by atoms with van der Waals surface area (Å²) in [6.45, 7) is 9.26. The fraction of sp³-hybridized carbons (Fsp3) is 0.400. The second-order valence-corrected chi connectivity index (χ2v) is 8.80. The van der Waals surface area contributed by atoms with Crippen molar-refractivity contribution in [2.24, 2.45) is 0 Å². The lowest BCUT2D eigenvalue weighted by Crippen LogP contribution is -2.15. The lowest BCUT2D eigenvalue weighted by atomic mass is 10.00. The molecule has 0 bridgehead atoms. The van der Waals surface area contributed by atoms with E-state index in [4.69, 9.17) is 0 Å². The first-order valence-electron chi connectivity index (χ1n) is 6.37. The van der Waals surface area contributed by atoms with E-state index < -0.39 is 7.14 Å². The van der Waals surface area contributed by atoms with E-state index in [1.165, 1.54) is 6.07 Å². The minimum atomic E-state index is -2.50. The van der Waals surface area contributed by atoms with Gasteiger partial charge < -0.3 is 4.57 Å². The highest BCUT2D eigenvalue weighted by molar-refractivity contribution is 7.70. The van der Waals surface area contributed by atoms with Crippen molar-refractivity contribution in [1.29, 1.82) is 0 Å². The summed E-state index contributed by atoms with van der Waals surface area (Å²) in [6.07, 6.45) is 0. The van der Waals surface area contributed by atoms with Crippen LogP contribution >= 0.6 is 7.14 Å². The molecule has 0 spiro atoms. The summed E-state index contributed by atoms with van der Waals surface area (Å²) in [7, 11) is -2.50. The van der Waals surface area contributed by atoms with Crippen LogP contribution in [0.5, 0.6) is 0 Å². The summed E-state index contributed by atoms with van der Waals surface area (Å²) in [4.78, 5) is 4.25. The predicted molar refractivity (Wildman–Crippen MR) is 79.6 cm³/mol. The Balaban J connectivity index is 2.99. The van der Waals surface area contributed by atoms with Gasteiger partial charge in [0, 0.05) is 16.4 Å². The maximum Gasteiger partial charge on any atom is 0.149 e. The number of halogens is 1. The normalized spacial score (nSPS) is 12.4. The lowest BCUT2D eigenvalue weighted by Gasteiger charge is -2.19. The molecule has 0 aliphatic rings. The van der Waals surface area contributed by atoms with Crippen molar-refractivity contribution in [2.75, 3.05) is 13.3 Å². The van der Waals surface area contributed by atoms with Gasteiger partial charge in [-0.05, 0) is 43.9 Å². The summed E-state index contributed by atoms with van der Waals surface area (Å²) in [5.74, 6) is -0.206. The van der Waals surface area contributed by atoms with Crippen molar-refractivity contribution in [1.82, 2.24) is 4.98 Å². The molecule has 1 aromatic carbocycles. The number of nitrogens with zero attached hydrogens (tertiary/aromatic N) is 1. The molecule has 1 aromatic heterocycles. The van der Waals surface area contributed by atoms with Crippen LogP contribution in [0.15, 0.2) is 18.2 Å². The first-order chi connectivity index (χ1) is 8.71. The van der Waals surface area contributed by atoms with Gasteiger partial charge in [-0.1, -0.05) is 19.9 Å². The van der Waals surface area contributed by atoms with Crippen LogP contribution in [0.4, 0.5) is 4.39 Å². The molecule has 0 atom stereocenters. The van der Waals surface area contributed by atoms with Gasteiger partial charge in [-0.3, -0.25) is 4.98 Å². The van der Waals surface area contributed by atoms with Crippen LogP contribution in [0.25, 0.3) is 10.9 Å². The van der Waals surface area contributed by atoms with Gasteiger partial charge in [0.2, 0.25) is 0 Å². The minimum absolute atomic E-state index is 0.128. The van der Waals surface area contributed by atoms with E-state index in [1.54, 1.807) is 13.3 Å². The number of benzene rings is 1. The van der Waals surface area contributed by atoms with Crippen molar-refractivity contribution >= 4 is 23.3 Å². The zero-order valence-corrected chi connectivity index (χ0v) is 12.9. The fourth-order valence-electron chi connectivity index (χ4n) is 2.40. The Kier molecular flexibility index (Phi) is 3.53. The monoisotopic (exact) mass is 279 g/mol. The molecule has 2 nitrogen and oxygen atoms in total. The fourth-order valence-corrected chi connectivity index (χ4v) is 4.10. The van der Waals surface area contributed by atoms with Crippen LogP contribution < -0.4 is 5.30 Å². The molecule has 0 saturated heterocycles. The number of aromatic nitrogens is 1. The molecule has 0 aliphatic carbocycles. The van der Waals surface area contributed by atoms with E-state index in [0.29, 0.717) is 10.9 Å². The summed E-state index contributed by atoms with van der Waals surface area (Å²) < 4.78 is 26.8. The largest absolute Gasteiger partial charge is 0.319 e. The molecule has 0 radical (unpaired) electrons. The summed E-state index contributed by atoms with van der Waals surface area (Å²) in [5.41, 5.74) is 1.91. The molecule has 2 rings (SSSR count). The molecular formula is C15H19FNOP. The van der Waals surface area contributed by atoms with E-state index in [-0.39, 0.29) is 11.7 Å². The quantitative estimate of drug-likeness (QED) is 0.776. The van der Waals surface area contributed by atoms with Crippen molar-refractivity contribution in [3.05, 3.63) is 35.3 Å². The first kappa shape index (κ1) is 14.2. The molecule has 19 heavy (non-hydrogen) atoms. The number of hydrogen-bond acceptors (Lipinski definition) is 2. The number of aryl methyl sites for hydroxylation is 1. The topological polar surface area (TPSA) is 30.0 Å². The number of rotatable bonds is 2. The molecule has 0 fully saturated rings. The van der Waals surface area contributed by atoms with E-state index in [9.17, 15) is 8.96 Å². The molecule has 102 valence electrons. The van der Waals surface area contributed by atoms with Crippen LogP contribution in [0.3, 0.4) is 0 Å². The predicted octanol–water partition coefficient (Wildman–Crippen LogP) is 4.05. The lowest BCUT2D eigenvalue weighted by molar-refractivity contribution is 0.588. The Morgan fingerprint density at radius 2 is 1.89 bits per heavy atom. The second-order valence-electron chi connectivity index (χ2n) is 5.65. The highest BCUT2D eigenvalue weighted by atomic mass is 31.2. The van der Waals surface area contributed by atoms with Gasteiger partial charge in [-0.2, -0.15) is 0 Å². The van der Waals surface area contributed by atoms with Gasteiger partial charge in [-0.25, -0.2) is 4.39 Å². The molecule has 0 aliphatic heterocycles. The molecule has 0 saturated carbocycles.